The van der Waals surface area contributed by atoms with Crippen molar-refractivity contribution in [3.8, 4) is 0 Å². The summed E-state index contributed by atoms with van der Waals surface area (Å²) in [6.45, 7) is 8.52. The summed E-state index contributed by atoms with van der Waals surface area (Å²) in [5.74, 6) is 0. The van der Waals surface area contributed by atoms with Gasteiger partial charge in [-0.3, -0.25) is 0 Å². The first-order valence-corrected chi connectivity index (χ1v) is 9.12. The fraction of sp³-hybridized carbons (Fsp3) is 0.429. The van der Waals surface area contributed by atoms with Gasteiger partial charge >= 0.3 is 6.09 Å². The van der Waals surface area contributed by atoms with Gasteiger partial charge in [-0.1, -0.05) is 41.6 Å². The van der Waals surface area contributed by atoms with Gasteiger partial charge in [-0.15, -0.1) is 0 Å². The van der Waals surface area contributed by atoms with E-state index in [2.05, 4.69) is 5.16 Å². The van der Waals surface area contributed by atoms with Crippen molar-refractivity contribution in [2.45, 2.75) is 52.4 Å². The van der Waals surface area contributed by atoms with Gasteiger partial charge in [-0.2, -0.15) is 0 Å². The Balaban J connectivity index is 1.88. The van der Waals surface area contributed by atoms with Crippen LogP contribution in [-0.2, 0) is 16.2 Å². The highest BCUT2D eigenvalue weighted by atomic mass is 16.6. The molecule has 1 unspecified atom stereocenters. The van der Waals surface area contributed by atoms with Crippen LogP contribution in [-0.4, -0.2) is 35.4 Å². The van der Waals surface area contributed by atoms with Gasteiger partial charge in [0.25, 0.3) is 0 Å². The molecule has 0 aliphatic carbocycles. The van der Waals surface area contributed by atoms with E-state index in [0.717, 1.165) is 11.1 Å². The summed E-state index contributed by atoms with van der Waals surface area (Å²) < 4.78 is 5.45. The Hall–Kier alpha value is -2.76. The lowest BCUT2D eigenvalue weighted by molar-refractivity contribution is 0.0203. The lowest BCUT2D eigenvalue weighted by atomic mass is 10.0. The molecule has 2 rings (SSSR count). The molecule has 0 bridgehead atoms. The zero-order valence-corrected chi connectivity index (χ0v) is 16.5. The first-order chi connectivity index (χ1) is 12.8. The molecule has 1 heterocycles. The number of nitrogens with two attached hydrogens (primary N) is 1. The number of carbonyl (C=O) groups excluding carboxylic acids is 1. The molecular formula is C21H29N3O3. The van der Waals surface area contributed by atoms with Gasteiger partial charge in [0, 0.05) is 12.2 Å². The molecule has 146 valence electrons. The molecule has 6 nitrogen and oxygen atoms in total. The standard InChI is InChI=1S/C21H29N3O3/c1-16-14-18(11-13-24(16)20(25)27-21(2,3)4)19(22)10-12-23-26-15-17-8-6-5-7-9-17/h5-10,12,14,16H,11,13,15,22H2,1-4H3/b19-10-,23-12+. The van der Waals surface area contributed by atoms with Crippen LogP contribution in [0, 0.1) is 0 Å². The predicted octanol–water partition coefficient (Wildman–Crippen LogP) is 3.99. The highest BCUT2D eigenvalue weighted by Gasteiger charge is 2.28. The Kier molecular flexibility index (Phi) is 7.05. The summed E-state index contributed by atoms with van der Waals surface area (Å²) in [7, 11) is 0. The predicted molar refractivity (Wildman–Crippen MR) is 107 cm³/mol. The van der Waals surface area contributed by atoms with E-state index in [4.69, 9.17) is 15.3 Å². The van der Waals surface area contributed by atoms with Gasteiger partial charge in [-0.25, -0.2) is 4.79 Å². The van der Waals surface area contributed by atoms with Crippen molar-refractivity contribution in [2.24, 2.45) is 10.9 Å². The number of ether oxygens (including phenoxy) is 1. The van der Waals surface area contributed by atoms with Crippen LogP contribution >= 0.6 is 0 Å². The average Bonchev–Trinajstić information content (AvgIpc) is 2.60. The molecule has 0 spiro atoms. The van der Waals surface area contributed by atoms with Crippen LogP contribution in [0.4, 0.5) is 4.79 Å². The summed E-state index contributed by atoms with van der Waals surface area (Å²) in [5.41, 5.74) is 8.31. The number of nitrogens with zero attached hydrogens (tertiary/aromatic N) is 2. The number of amides is 1. The number of oxime groups is 1. The summed E-state index contributed by atoms with van der Waals surface area (Å²) in [5, 5.41) is 3.91. The Morgan fingerprint density at radius 1 is 1.33 bits per heavy atom. The van der Waals surface area contributed by atoms with E-state index in [1.165, 1.54) is 0 Å². The van der Waals surface area contributed by atoms with Crippen LogP contribution in [0.3, 0.4) is 0 Å². The largest absolute Gasteiger partial charge is 0.444 e. The van der Waals surface area contributed by atoms with Crippen molar-refractivity contribution in [2.75, 3.05) is 6.54 Å². The number of benzene rings is 1. The van der Waals surface area contributed by atoms with Crippen LogP contribution in [0.1, 0.15) is 39.7 Å². The first-order valence-electron chi connectivity index (χ1n) is 9.12. The Labute approximate surface area is 161 Å². The minimum absolute atomic E-state index is 0.0816. The van der Waals surface area contributed by atoms with Crippen molar-refractivity contribution in [3.05, 3.63) is 59.3 Å². The van der Waals surface area contributed by atoms with Crippen LogP contribution in [0.2, 0.25) is 0 Å². The molecule has 1 aliphatic heterocycles. The molecule has 27 heavy (non-hydrogen) atoms. The van der Waals surface area contributed by atoms with E-state index in [0.29, 0.717) is 25.3 Å². The number of allylic oxidation sites excluding steroid dienone is 2. The second-order valence-corrected chi connectivity index (χ2v) is 7.49. The minimum Gasteiger partial charge on any atom is -0.444 e. The average molecular weight is 371 g/mol. The van der Waals surface area contributed by atoms with Crippen LogP contribution in [0.5, 0.6) is 0 Å². The summed E-state index contributed by atoms with van der Waals surface area (Å²) >= 11 is 0. The van der Waals surface area contributed by atoms with E-state index >= 15 is 0 Å². The molecule has 1 atom stereocenters. The molecule has 1 aliphatic rings. The van der Waals surface area contributed by atoms with E-state index in [9.17, 15) is 4.79 Å². The molecule has 0 aromatic heterocycles. The third-order valence-electron chi connectivity index (χ3n) is 4.02. The highest BCUT2D eigenvalue weighted by Crippen LogP contribution is 2.22. The Bertz CT molecular complexity index is 718. The van der Waals surface area contributed by atoms with Gasteiger partial charge < -0.3 is 20.2 Å². The lowest BCUT2D eigenvalue weighted by Gasteiger charge is -2.34. The topological polar surface area (TPSA) is 77.2 Å². The number of carbonyl (C=O) groups is 1. The minimum atomic E-state index is -0.504. The zero-order chi connectivity index (χ0) is 19.9. The second kappa shape index (κ2) is 9.26. The zero-order valence-electron chi connectivity index (χ0n) is 16.5. The number of hydrogen-bond donors (Lipinski definition) is 1. The van der Waals surface area contributed by atoms with E-state index in [-0.39, 0.29) is 12.1 Å². The molecule has 0 saturated carbocycles. The van der Waals surface area contributed by atoms with E-state index < -0.39 is 5.60 Å². The quantitative estimate of drug-likeness (QED) is 0.627. The molecule has 0 fully saturated rings. The highest BCUT2D eigenvalue weighted by molar-refractivity contribution is 5.73. The molecule has 1 aromatic carbocycles. The third-order valence-corrected chi connectivity index (χ3v) is 4.02. The van der Waals surface area contributed by atoms with Crippen molar-refractivity contribution >= 4 is 12.3 Å². The van der Waals surface area contributed by atoms with E-state index in [1.807, 2.05) is 64.1 Å². The molecule has 1 amide bonds. The molecule has 0 radical (unpaired) electrons. The Morgan fingerprint density at radius 3 is 2.67 bits per heavy atom. The van der Waals surface area contributed by atoms with Crippen molar-refractivity contribution in [1.82, 2.24) is 4.90 Å². The maximum Gasteiger partial charge on any atom is 0.410 e. The summed E-state index contributed by atoms with van der Waals surface area (Å²) in [6.07, 6.45) is 5.61. The fourth-order valence-corrected chi connectivity index (χ4v) is 2.67. The van der Waals surface area contributed by atoms with Crippen LogP contribution < -0.4 is 5.73 Å². The monoisotopic (exact) mass is 371 g/mol. The maximum atomic E-state index is 12.3. The summed E-state index contributed by atoms with van der Waals surface area (Å²) in [4.78, 5) is 19.2. The lowest BCUT2D eigenvalue weighted by Crippen LogP contribution is -2.44. The fourth-order valence-electron chi connectivity index (χ4n) is 2.67. The third kappa shape index (κ3) is 6.81. The van der Waals surface area contributed by atoms with Gasteiger partial charge in [0.2, 0.25) is 0 Å². The Morgan fingerprint density at radius 2 is 2.04 bits per heavy atom. The van der Waals surface area contributed by atoms with E-state index in [1.54, 1.807) is 17.2 Å². The SMILES string of the molecule is CC1C=C(/C(N)=C/C=N/OCc2ccccc2)CCN1C(=O)OC(C)(C)C. The van der Waals surface area contributed by atoms with Gasteiger partial charge in [-0.05, 0) is 51.3 Å². The van der Waals surface area contributed by atoms with Crippen molar-refractivity contribution < 1.29 is 14.4 Å². The molecule has 2 N–H and O–H groups in total. The molecule has 6 heteroatoms. The number of rotatable bonds is 5. The maximum absolute atomic E-state index is 12.3. The van der Waals surface area contributed by atoms with Gasteiger partial charge in [0.05, 0.1) is 12.3 Å². The van der Waals surface area contributed by atoms with Crippen molar-refractivity contribution in [3.63, 3.8) is 0 Å². The normalized spacial score (nSPS) is 18.4. The van der Waals surface area contributed by atoms with Gasteiger partial charge in [0.1, 0.15) is 12.2 Å². The smallest absolute Gasteiger partial charge is 0.410 e. The van der Waals surface area contributed by atoms with Gasteiger partial charge in [0.15, 0.2) is 0 Å². The van der Waals surface area contributed by atoms with Crippen LogP contribution in [0.25, 0.3) is 0 Å². The summed E-state index contributed by atoms with van der Waals surface area (Å²) in [6, 6.07) is 9.74. The second-order valence-electron chi connectivity index (χ2n) is 7.49. The molecule has 1 aromatic rings. The van der Waals surface area contributed by atoms with Crippen LogP contribution in [0.15, 0.2) is 58.9 Å². The molecular weight excluding hydrogens is 342 g/mol. The van der Waals surface area contributed by atoms with Crippen molar-refractivity contribution in [1.29, 1.82) is 0 Å². The first kappa shape index (κ1) is 20.6. The number of hydrogen-bond acceptors (Lipinski definition) is 5. The molecule has 0 saturated heterocycles.